The molecule has 16 heavy (non-hydrogen) atoms. The molecule has 0 rings (SSSR count). The largest absolute Gasteiger partial charge is 1.00 e. The van der Waals surface area contributed by atoms with E-state index in [4.69, 9.17) is 0 Å². The summed E-state index contributed by atoms with van der Waals surface area (Å²) in [6, 6.07) is -0.0485. The van der Waals surface area contributed by atoms with Gasteiger partial charge in [-0.25, -0.2) is 0 Å². The van der Waals surface area contributed by atoms with E-state index in [-0.39, 0.29) is 76.4 Å². The monoisotopic (exact) mass is 264 g/mol. The van der Waals surface area contributed by atoms with Crippen LogP contribution < -0.4 is 56.7 Å². The molecule has 0 spiro atoms. The first-order valence-electron chi connectivity index (χ1n) is 4.97. The molecule has 0 unspecified atom stereocenters. The van der Waals surface area contributed by atoms with Gasteiger partial charge in [0.2, 0.25) is 5.91 Å². The number of rotatable bonds is 6. The van der Waals surface area contributed by atoms with Crippen LogP contribution in [0, 0.1) is 0 Å². The standard InChI is InChI=1S/C8H17BF3N2O.K/c1-4-14(6-9(10,11)12)5-8(15)13-7(2)3;/h7H,4-6H2,1-3H3,(H,13,15);/q-1;+1. The number of hydrogen-bond donors (Lipinski definition) is 1. The van der Waals surface area contributed by atoms with E-state index in [1.54, 1.807) is 20.8 Å². The van der Waals surface area contributed by atoms with Crippen LogP contribution in [0.3, 0.4) is 0 Å². The normalized spacial score (nSPS) is 11.5. The molecule has 0 bridgehead atoms. The van der Waals surface area contributed by atoms with Crippen LogP contribution in [0.2, 0.25) is 0 Å². The minimum absolute atomic E-state index is 0. The fourth-order valence-corrected chi connectivity index (χ4v) is 1.17. The summed E-state index contributed by atoms with van der Waals surface area (Å²) in [7, 11) is 0. The molecule has 0 atom stereocenters. The van der Waals surface area contributed by atoms with Crippen molar-refractivity contribution in [2.45, 2.75) is 26.8 Å². The van der Waals surface area contributed by atoms with Crippen LogP contribution in [0.4, 0.5) is 12.9 Å². The van der Waals surface area contributed by atoms with E-state index in [1.807, 2.05) is 0 Å². The SMILES string of the molecule is CCN(CC(=O)NC(C)C)C[B-](F)(F)F.[K+]. The summed E-state index contributed by atoms with van der Waals surface area (Å²) in [5.41, 5.74) is 0. The van der Waals surface area contributed by atoms with Crippen LogP contribution in [0.25, 0.3) is 0 Å². The summed E-state index contributed by atoms with van der Waals surface area (Å²) < 4.78 is 36.3. The molecular weight excluding hydrogens is 247 g/mol. The maximum Gasteiger partial charge on any atom is 1.00 e. The molecule has 8 heteroatoms. The van der Waals surface area contributed by atoms with Crippen LogP contribution in [-0.2, 0) is 4.79 Å². The third-order valence-corrected chi connectivity index (χ3v) is 1.73. The Bertz CT molecular complexity index is 214. The minimum Gasteiger partial charge on any atom is -0.448 e. The van der Waals surface area contributed by atoms with Gasteiger partial charge in [0.05, 0.1) is 6.54 Å². The molecule has 0 aromatic heterocycles. The maximum atomic E-state index is 12.1. The van der Waals surface area contributed by atoms with Gasteiger partial charge in [-0.15, -0.1) is 0 Å². The Kier molecular flexibility index (Phi) is 10.8. The number of hydrogen-bond acceptors (Lipinski definition) is 2. The first-order valence-corrected chi connectivity index (χ1v) is 4.97. The summed E-state index contributed by atoms with van der Waals surface area (Å²) in [4.78, 5) is 12.3. The zero-order valence-corrected chi connectivity index (χ0v) is 13.4. The molecular formula is C8H17BF3KN2O. The van der Waals surface area contributed by atoms with Crippen LogP contribution in [0.15, 0.2) is 0 Å². The molecule has 90 valence electrons. The van der Waals surface area contributed by atoms with Crippen molar-refractivity contribution in [2.75, 3.05) is 19.5 Å². The predicted molar refractivity (Wildman–Crippen MR) is 54.5 cm³/mol. The van der Waals surface area contributed by atoms with E-state index in [2.05, 4.69) is 5.32 Å². The fraction of sp³-hybridized carbons (Fsp3) is 0.875. The topological polar surface area (TPSA) is 32.3 Å². The average Bonchev–Trinajstić information content (AvgIpc) is 1.98. The number of carbonyl (C=O) groups excluding carboxylic acids is 1. The Morgan fingerprint density at radius 2 is 1.88 bits per heavy atom. The summed E-state index contributed by atoms with van der Waals surface area (Å²) in [5, 5.41) is 2.55. The van der Waals surface area contributed by atoms with Gasteiger partial charge in [0, 0.05) is 6.04 Å². The van der Waals surface area contributed by atoms with Gasteiger partial charge in [-0.3, -0.25) is 4.79 Å². The molecule has 0 radical (unpaired) electrons. The molecule has 0 aliphatic heterocycles. The predicted octanol–water partition coefficient (Wildman–Crippen LogP) is -1.78. The van der Waals surface area contributed by atoms with Crippen LogP contribution in [0.1, 0.15) is 20.8 Å². The molecule has 3 nitrogen and oxygen atoms in total. The van der Waals surface area contributed by atoms with Gasteiger partial charge in [-0.1, -0.05) is 6.92 Å². The number of nitrogens with zero attached hydrogens (tertiary/aromatic N) is 1. The number of amides is 1. The second-order valence-electron chi connectivity index (χ2n) is 3.76. The van der Waals surface area contributed by atoms with E-state index in [0.717, 1.165) is 4.90 Å². The third kappa shape index (κ3) is 11.4. The van der Waals surface area contributed by atoms with Gasteiger partial charge >= 0.3 is 58.4 Å². The Morgan fingerprint density at radius 3 is 2.19 bits per heavy atom. The second-order valence-corrected chi connectivity index (χ2v) is 3.76. The Morgan fingerprint density at radius 1 is 1.38 bits per heavy atom. The van der Waals surface area contributed by atoms with Gasteiger partial charge in [0.25, 0.3) is 0 Å². The van der Waals surface area contributed by atoms with Crippen molar-refractivity contribution in [3.8, 4) is 0 Å². The van der Waals surface area contributed by atoms with E-state index in [9.17, 15) is 17.7 Å². The maximum absolute atomic E-state index is 12.1. The Balaban J connectivity index is 0. The number of halogens is 3. The average molecular weight is 264 g/mol. The van der Waals surface area contributed by atoms with E-state index in [1.165, 1.54) is 0 Å². The summed E-state index contributed by atoms with van der Waals surface area (Å²) >= 11 is 0. The summed E-state index contributed by atoms with van der Waals surface area (Å²) in [6.07, 6.45) is -0.984. The van der Waals surface area contributed by atoms with E-state index >= 15 is 0 Å². The van der Waals surface area contributed by atoms with Crippen LogP contribution >= 0.6 is 0 Å². The van der Waals surface area contributed by atoms with Crippen molar-refractivity contribution >= 4 is 12.9 Å². The third-order valence-electron chi connectivity index (χ3n) is 1.73. The van der Waals surface area contributed by atoms with Crippen LogP contribution in [0.5, 0.6) is 0 Å². The molecule has 0 saturated carbocycles. The van der Waals surface area contributed by atoms with E-state index in [0.29, 0.717) is 0 Å². The Labute approximate surface area is 137 Å². The second kappa shape index (κ2) is 8.93. The minimum atomic E-state index is -4.86. The van der Waals surface area contributed by atoms with Crippen molar-refractivity contribution in [3.63, 3.8) is 0 Å². The summed E-state index contributed by atoms with van der Waals surface area (Å²) in [5.74, 6) is -0.369. The summed E-state index contributed by atoms with van der Waals surface area (Å²) in [6.45, 7) is 0.288. The molecule has 0 aliphatic rings. The van der Waals surface area contributed by atoms with Gasteiger partial charge in [0.15, 0.2) is 0 Å². The van der Waals surface area contributed by atoms with Gasteiger partial charge in [-0.2, -0.15) is 0 Å². The quantitative estimate of drug-likeness (QED) is 0.576. The first kappa shape index (κ1) is 19.3. The molecule has 0 aliphatic carbocycles. The molecule has 0 saturated heterocycles. The van der Waals surface area contributed by atoms with Crippen molar-refractivity contribution in [3.05, 3.63) is 0 Å². The van der Waals surface area contributed by atoms with Crippen molar-refractivity contribution in [2.24, 2.45) is 0 Å². The number of nitrogens with one attached hydrogen (secondary N) is 1. The van der Waals surface area contributed by atoms with Gasteiger partial charge < -0.3 is 23.2 Å². The van der Waals surface area contributed by atoms with Crippen LogP contribution in [-0.4, -0.2) is 43.4 Å². The van der Waals surface area contributed by atoms with Crippen molar-refractivity contribution in [1.29, 1.82) is 0 Å². The zero-order chi connectivity index (χ0) is 12.1. The van der Waals surface area contributed by atoms with Gasteiger partial charge in [-0.05, 0) is 26.8 Å². The molecule has 1 amide bonds. The van der Waals surface area contributed by atoms with Crippen molar-refractivity contribution in [1.82, 2.24) is 10.2 Å². The Hall–Kier alpha value is 0.921. The van der Waals surface area contributed by atoms with Gasteiger partial charge in [0.1, 0.15) is 0 Å². The zero-order valence-electron chi connectivity index (χ0n) is 10.3. The van der Waals surface area contributed by atoms with E-state index < -0.39 is 13.4 Å². The smallest absolute Gasteiger partial charge is 0.448 e. The molecule has 0 fully saturated rings. The first-order chi connectivity index (χ1) is 6.74. The molecule has 1 N–H and O–H groups in total. The molecule has 0 heterocycles. The number of carbonyl (C=O) groups is 1. The fourth-order valence-electron chi connectivity index (χ4n) is 1.17. The molecule has 0 aromatic rings. The molecule has 0 aromatic carbocycles. The van der Waals surface area contributed by atoms with Crippen molar-refractivity contribution < 1.29 is 69.1 Å². The number of likely N-dealkylation sites (N-methyl/N-ethyl adjacent to an activating group) is 1.